The third kappa shape index (κ3) is 2.95. The maximum atomic E-state index is 12.6. The molecule has 0 bridgehead atoms. The van der Waals surface area contributed by atoms with Crippen LogP contribution in [0.2, 0.25) is 0 Å². The largest absolute Gasteiger partial charge is 0.366 e. The average Bonchev–Trinajstić information content (AvgIpc) is 3.08. The Kier molecular flexibility index (Phi) is 3.97. The lowest BCUT2D eigenvalue weighted by atomic mass is 10.0. The van der Waals surface area contributed by atoms with Crippen LogP contribution in [0.25, 0.3) is 0 Å². The minimum absolute atomic E-state index is 0.127. The van der Waals surface area contributed by atoms with Gasteiger partial charge in [-0.15, -0.1) is 0 Å². The van der Waals surface area contributed by atoms with Crippen LogP contribution in [0.3, 0.4) is 0 Å². The van der Waals surface area contributed by atoms with Crippen LogP contribution in [0.15, 0.2) is 59.5 Å². The van der Waals surface area contributed by atoms with E-state index in [-0.39, 0.29) is 27.8 Å². The molecule has 0 aromatic heterocycles. The number of sulfonamides is 1. The Balaban J connectivity index is 1.81. The molecule has 1 saturated carbocycles. The van der Waals surface area contributed by atoms with E-state index in [0.29, 0.717) is 0 Å². The predicted molar refractivity (Wildman–Crippen MR) is 92.0 cm³/mol. The maximum absolute atomic E-state index is 12.6. The van der Waals surface area contributed by atoms with Crippen molar-refractivity contribution < 1.29 is 13.2 Å². The molecule has 1 aliphatic carbocycles. The Morgan fingerprint density at radius 1 is 1.04 bits per heavy atom. The highest BCUT2D eigenvalue weighted by Gasteiger charge is 2.59. The topological polar surface area (TPSA) is 89.3 Å². The van der Waals surface area contributed by atoms with Crippen LogP contribution in [-0.2, 0) is 10.0 Å². The molecule has 2 aromatic rings. The standard InChI is InChI=1S/C18H20N2O3S/c1-18(2)15(12-6-4-3-5-7-12)16(18)20-24(22,23)14-10-8-13(9-11-14)17(19)21/h3-11,15-16,20H,1-2H3,(H2,19,21)/t15-,16-/m0/s1. The SMILES string of the molecule is CC1(C)[C@@H](NS(=O)(=O)c2ccc(C(N)=O)cc2)[C@@H]1c1ccccc1. The molecular formula is C18H20N2O3S. The molecule has 1 fully saturated rings. The number of hydrogen-bond acceptors (Lipinski definition) is 3. The number of carbonyl (C=O) groups excluding carboxylic acids is 1. The van der Waals surface area contributed by atoms with Crippen LogP contribution in [-0.4, -0.2) is 20.4 Å². The van der Waals surface area contributed by atoms with Gasteiger partial charge in [0.25, 0.3) is 0 Å². The summed E-state index contributed by atoms with van der Waals surface area (Å²) in [5.41, 5.74) is 6.43. The molecule has 3 N–H and O–H groups in total. The Labute approximate surface area is 141 Å². The maximum Gasteiger partial charge on any atom is 0.248 e. The van der Waals surface area contributed by atoms with E-state index in [1.54, 1.807) is 0 Å². The van der Waals surface area contributed by atoms with Crippen LogP contribution in [0.4, 0.5) is 0 Å². The fourth-order valence-corrected chi connectivity index (χ4v) is 4.58. The predicted octanol–water partition coefficient (Wildman–Crippen LogP) is 2.26. The van der Waals surface area contributed by atoms with Crippen LogP contribution in [0.1, 0.15) is 35.7 Å². The van der Waals surface area contributed by atoms with E-state index in [1.807, 2.05) is 44.2 Å². The molecule has 3 rings (SSSR count). The number of nitrogens with one attached hydrogen (secondary N) is 1. The van der Waals surface area contributed by atoms with Gasteiger partial charge < -0.3 is 5.73 Å². The van der Waals surface area contributed by atoms with Gasteiger partial charge in [0.05, 0.1) is 4.90 Å². The minimum Gasteiger partial charge on any atom is -0.366 e. The second-order valence-corrected chi connectivity index (χ2v) is 8.41. The van der Waals surface area contributed by atoms with Crippen LogP contribution >= 0.6 is 0 Å². The Morgan fingerprint density at radius 3 is 2.17 bits per heavy atom. The van der Waals surface area contributed by atoms with Gasteiger partial charge in [0.2, 0.25) is 15.9 Å². The highest BCUT2D eigenvalue weighted by atomic mass is 32.2. The summed E-state index contributed by atoms with van der Waals surface area (Å²) in [6, 6.07) is 15.4. The van der Waals surface area contributed by atoms with E-state index in [4.69, 9.17) is 5.73 Å². The Hall–Kier alpha value is -2.18. The molecule has 0 saturated heterocycles. The van der Waals surface area contributed by atoms with Crippen molar-refractivity contribution in [2.75, 3.05) is 0 Å². The molecule has 1 amide bonds. The highest BCUT2D eigenvalue weighted by molar-refractivity contribution is 7.89. The van der Waals surface area contributed by atoms with Crippen molar-refractivity contribution in [3.8, 4) is 0 Å². The molecule has 0 heterocycles. The van der Waals surface area contributed by atoms with Crippen LogP contribution < -0.4 is 10.5 Å². The summed E-state index contributed by atoms with van der Waals surface area (Å²) in [5, 5.41) is 0. The van der Waals surface area contributed by atoms with Gasteiger partial charge in [-0.3, -0.25) is 4.79 Å². The molecule has 5 nitrogen and oxygen atoms in total. The van der Waals surface area contributed by atoms with E-state index in [0.717, 1.165) is 5.56 Å². The number of hydrogen-bond donors (Lipinski definition) is 2. The first-order valence-electron chi connectivity index (χ1n) is 7.70. The van der Waals surface area contributed by atoms with Crippen LogP contribution in [0.5, 0.6) is 0 Å². The molecule has 2 atom stereocenters. The summed E-state index contributed by atoms with van der Waals surface area (Å²) >= 11 is 0. The van der Waals surface area contributed by atoms with Gasteiger partial charge in [0.1, 0.15) is 0 Å². The molecule has 1 aliphatic rings. The van der Waals surface area contributed by atoms with Crippen molar-refractivity contribution in [1.29, 1.82) is 0 Å². The summed E-state index contributed by atoms with van der Waals surface area (Å²) in [6.45, 7) is 4.10. The van der Waals surface area contributed by atoms with Crippen molar-refractivity contribution in [3.63, 3.8) is 0 Å². The van der Waals surface area contributed by atoms with Gasteiger partial charge in [0.15, 0.2) is 0 Å². The number of nitrogens with two attached hydrogens (primary N) is 1. The van der Waals surface area contributed by atoms with E-state index in [2.05, 4.69) is 4.72 Å². The normalized spacial score (nSPS) is 22.1. The van der Waals surface area contributed by atoms with Crippen molar-refractivity contribution >= 4 is 15.9 Å². The summed E-state index contributed by atoms with van der Waals surface area (Å²) in [4.78, 5) is 11.2. The quantitative estimate of drug-likeness (QED) is 0.872. The first-order valence-corrected chi connectivity index (χ1v) is 9.19. The first-order chi connectivity index (χ1) is 11.2. The molecule has 24 heavy (non-hydrogen) atoms. The van der Waals surface area contributed by atoms with E-state index in [1.165, 1.54) is 24.3 Å². The lowest BCUT2D eigenvalue weighted by Gasteiger charge is -2.08. The van der Waals surface area contributed by atoms with Gasteiger partial charge in [-0.2, -0.15) is 0 Å². The molecule has 0 aliphatic heterocycles. The summed E-state index contributed by atoms with van der Waals surface area (Å²) in [5.74, 6) is -0.447. The lowest BCUT2D eigenvalue weighted by molar-refractivity contribution is 0.1000. The zero-order valence-electron chi connectivity index (χ0n) is 13.6. The van der Waals surface area contributed by atoms with E-state index < -0.39 is 15.9 Å². The van der Waals surface area contributed by atoms with Crippen molar-refractivity contribution in [1.82, 2.24) is 4.72 Å². The van der Waals surface area contributed by atoms with Gasteiger partial charge >= 0.3 is 0 Å². The molecule has 126 valence electrons. The summed E-state index contributed by atoms with van der Waals surface area (Å²) in [7, 11) is -3.65. The minimum atomic E-state index is -3.65. The molecule has 2 aromatic carbocycles. The number of amides is 1. The molecular weight excluding hydrogens is 324 g/mol. The molecule has 0 spiro atoms. The van der Waals surface area contributed by atoms with Crippen molar-refractivity contribution in [3.05, 3.63) is 65.7 Å². The summed E-state index contributed by atoms with van der Waals surface area (Å²) in [6.07, 6.45) is 0. The average molecular weight is 344 g/mol. The van der Waals surface area contributed by atoms with Gasteiger partial charge in [0, 0.05) is 17.5 Å². The Morgan fingerprint density at radius 2 is 1.62 bits per heavy atom. The lowest BCUT2D eigenvalue weighted by Crippen LogP contribution is -2.29. The Bertz CT molecular complexity index is 859. The van der Waals surface area contributed by atoms with Crippen LogP contribution in [0, 0.1) is 5.41 Å². The van der Waals surface area contributed by atoms with Gasteiger partial charge in [-0.25, -0.2) is 13.1 Å². The second kappa shape index (κ2) is 5.72. The van der Waals surface area contributed by atoms with E-state index >= 15 is 0 Å². The van der Waals surface area contributed by atoms with Gasteiger partial charge in [-0.05, 0) is 35.2 Å². The van der Waals surface area contributed by atoms with Gasteiger partial charge in [-0.1, -0.05) is 44.2 Å². The fourth-order valence-electron chi connectivity index (χ4n) is 3.17. The molecule has 0 radical (unpaired) electrons. The smallest absolute Gasteiger partial charge is 0.248 e. The number of primary amides is 1. The zero-order valence-corrected chi connectivity index (χ0v) is 14.4. The summed E-state index contributed by atoms with van der Waals surface area (Å²) < 4.78 is 28.0. The number of benzene rings is 2. The monoisotopic (exact) mass is 344 g/mol. The second-order valence-electron chi connectivity index (χ2n) is 6.70. The first kappa shape index (κ1) is 16.7. The fraction of sp³-hybridized carbons (Fsp3) is 0.278. The molecule has 6 heteroatoms. The van der Waals surface area contributed by atoms with E-state index in [9.17, 15) is 13.2 Å². The third-order valence-corrected chi connectivity index (χ3v) is 6.17. The number of carbonyl (C=O) groups is 1. The van der Waals surface area contributed by atoms with Crippen molar-refractivity contribution in [2.45, 2.75) is 30.7 Å². The highest BCUT2D eigenvalue weighted by Crippen LogP contribution is 2.59. The third-order valence-electron chi connectivity index (χ3n) is 4.72. The zero-order chi connectivity index (χ0) is 17.5. The number of rotatable bonds is 5. The van der Waals surface area contributed by atoms with Crippen molar-refractivity contribution in [2.24, 2.45) is 11.1 Å². The molecule has 0 unspecified atom stereocenters.